The van der Waals surface area contributed by atoms with Gasteiger partial charge in [-0.3, -0.25) is 4.79 Å². The molecule has 1 unspecified atom stereocenters. The lowest BCUT2D eigenvalue weighted by molar-refractivity contribution is -0.138. The van der Waals surface area contributed by atoms with E-state index in [1.54, 1.807) is 0 Å². The number of hydrogen-bond acceptors (Lipinski definition) is 4. The van der Waals surface area contributed by atoms with Crippen molar-refractivity contribution in [2.45, 2.75) is 24.9 Å². The molecule has 0 aliphatic heterocycles. The van der Waals surface area contributed by atoms with Crippen LogP contribution in [0.1, 0.15) is 12.8 Å². The number of rotatable bonds is 5. The minimum Gasteiger partial charge on any atom is -0.480 e. The highest BCUT2D eigenvalue weighted by Crippen LogP contribution is 1.96. The highest BCUT2D eigenvalue weighted by molar-refractivity contribution is 5.73. The highest BCUT2D eigenvalue weighted by Gasteiger charge is 2.14. The molecule has 11 heavy (non-hydrogen) atoms. The minimum atomic E-state index is -1.02. The molecular formula is C6H15N3O2. The molecule has 0 fully saturated rings. The number of carboxylic acids is 1. The van der Waals surface area contributed by atoms with Gasteiger partial charge < -0.3 is 22.3 Å². The molecule has 66 valence electrons. The maximum atomic E-state index is 10.2. The van der Waals surface area contributed by atoms with Crippen molar-refractivity contribution < 1.29 is 9.90 Å². The summed E-state index contributed by atoms with van der Waals surface area (Å²) in [7, 11) is 0. The van der Waals surface area contributed by atoms with Crippen LogP contribution in [0.25, 0.3) is 0 Å². The van der Waals surface area contributed by atoms with Gasteiger partial charge in [0.15, 0.2) is 0 Å². The van der Waals surface area contributed by atoms with Crippen molar-refractivity contribution in [3.05, 3.63) is 0 Å². The van der Waals surface area contributed by atoms with Crippen molar-refractivity contribution >= 4 is 5.97 Å². The van der Waals surface area contributed by atoms with Gasteiger partial charge in [-0.2, -0.15) is 0 Å². The first-order valence-electron chi connectivity index (χ1n) is 3.52. The molecule has 7 N–H and O–H groups in total. The summed E-state index contributed by atoms with van der Waals surface area (Å²) in [4.78, 5) is 10.2. The molecule has 0 spiro atoms. The highest BCUT2D eigenvalue weighted by atomic mass is 16.4. The molecule has 0 amide bonds. The molecule has 0 radical (unpaired) electrons. The van der Waals surface area contributed by atoms with Crippen molar-refractivity contribution in [3.8, 4) is 0 Å². The van der Waals surface area contributed by atoms with E-state index in [-0.39, 0.29) is 12.5 Å². The van der Waals surface area contributed by atoms with Crippen LogP contribution in [0.15, 0.2) is 0 Å². The third-order valence-corrected chi connectivity index (χ3v) is 1.41. The summed E-state index contributed by atoms with van der Waals surface area (Å²) in [6.45, 7) is 0.466. The van der Waals surface area contributed by atoms with Crippen LogP contribution in [0, 0.1) is 0 Å². The molecule has 5 nitrogen and oxygen atoms in total. The molecule has 0 aromatic heterocycles. The fourth-order valence-electron chi connectivity index (χ4n) is 0.759. The Labute approximate surface area is 65.5 Å². The van der Waals surface area contributed by atoms with E-state index in [1.165, 1.54) is 0 Å². The molecular weight excluding hydrogens is 146 g/mol. The van der Waals surface area contributed by atoms with Gasteiger partial charge in [0.05, 0.1) is 0 Å². The molecule has 0 rings (SSSR count). The summed E-state index contributed by atoms with van der Waals surface area (Å²) in [6.07, 6.45) is 0.896. The molecule has 0 heterocycles. The summed E-state index contributed by atoms with van der Waals surface area (Å²) < 4.78 is 0. The number of carboxylic acid groups (broad SMARTS) is 1. The summed E-state index contributed by atoms with van der Waals surface area (Å²) in [6, 6.07) is -1.07. The van der Waals surface area contributed by atoms with Crippen molar-refractivity contribution in [1.29, 1.82) is 0 Å². The van der Waals surface area contributed by atoms with Gasteiger partial charge in [-0.25, -0.2) is 0 Å². The average Bonchev–Trinajstić information content (AvgIpc) is 1.87. The maximum Gasteiger partial charge on any atom is 0.320 e. The zero-order valence-electron chi connectivity index (χ0n) is 6.36. The molecule has 2 atom stereocenters. The fourth-order valence-corrected chi connectivity index (χ4v) is 0.759. The van der Waals surface area contributed by atoms with Gasteiger partial charge in [-0.1, -0.05) is 0 Å². The van der Waals surface area contributed by atoms with Gasteiger partial charge in [-0.05, 0) is 19.4 Å². The minimum absolute atomic E-state index is 0.203. The second-order valence-electron chi connectivity index (χ2n) is 2.52. The summed E-state index contributed by atoms with van der Waals surface area (Å²) in [5.41, 5.74) is 15.9. The zero-order chi connectivity index (χ0) is 8.85. The van der Waals surface area contributed by atoms with Crippen LogP contribution in [0.4, 0.5) is 0 Å². The Hall–Kier alpha value is -0.650. The third kappa shape index (κ3) is 4.72. The number of hydrogen-bond donors (Lipinski definition) is 4. The predicted molar refractivity (Wildman–Crippen MR) is 41.9 cm³/mol. The van der Waals surface area contributed by atoms with Crippen molar-refractivity contribution in [1.82, 2.24) is 0 Å². The van der Waals surface area contributed by atoms with E-state index in [0.29, 0.717) is 13.0 Å². The Morgan fingerprint density at radius 3 is 2.36 bits per heavy atom. The van der Waals surface area contributed by atoms with Gasteiger partial charge in [0.2, 0.25) is 0 Å². The lowest BCUT2D eigenvalue weighted by Crippen LogP contribution is -2.38. The molecule has 0 aromatic rings. The summed E-state index contributed by atoms with van der Waals surface area (Å²) in [5.74, 6) is -1.02. The third-order valence-electron chi connectivity index (χ3n) is 1.41. The first-order valence-corrected chi connectivity index (χ1v) is 3.52. The second-order valence-corrected chi connectivity index (χ2v) is 2.52. The standard InChI is InChI=1S/C6H15N3O2/c7-2-1-4(8)3-5(9)6(10)11/h4-5H,1-3,7-9H2,(H,10,11)/t4?,5-/m0/s1. The molecule has 0 aliphatic carbocycles. The molecule has 5 heteroatoms. The van der Waals surface area contributed by atoms with E-state index in [1.807, 2.05) is 0 Å². The van der Waals surface area contributed by atoms with E-state index in [9.17, 15) is 4.79 Å². The molecule has 0 aliphatic rings. The lowest BCUT2D eigenvalue weighted by Gasteiger charge is -2.12. The Morgan fingerprint density at radius 1 is 1.45 bits per heavy atom. The van der Waals surface area contributed by atoms with Gasteiger partial charge in [0, 0.05) is 6.04 Å². The van der Waals surface area contributed by atoms with Crippen LogP contribution in [-0.2, 0) is 4.79 Å². The summed E-state index contributed by atoms with van der Waals surface area (Å²) >= 11 is 0. The smallest absolute Gasteiger partial charge is 0.320 e. The lowest BCUT2D eigenvalue weighted by atomic mass is 10.1. The summed E-state index contributed by atoms with van der Waals surface area (Å²) in [5, 5.41) is 8.39. The number of carbonyl (C=O) groups is 1. The average molecular weight is 161 g/mol. The zero-order valence-corrected chi connectivity index (χ0v) is 6.36. The van der Waals surface area contributed by atoms with Gasteiger partial charge in [-0.15, -0.1) is 0 Å². The van der Waals surface area contributed by atoms with Crippen LogP contribution in [-0.4, -0.2) is 29.7 Å². The first kappa shape index (κ1) is 10.3. The first-order chi connectivity index (χ1) is 5.07. The maximum absolute atomic E-state index is 10.2. The van der Waals surface area contributed by atoms with Crippen LogP contribution >= 0.6 is 0 Å². The van der Waals surface area contributed by atoms with Gasteiger partial charge >= 0.3 is 5.97 Å². The van der Waals surface area contributed by atoms with Gasteiger partial charge in [0.1, 0.15) is 6.04 Å². The van der Waals surface area contributed by atoms with E-state index >= 15 is 0 Å². The van der Waals surface area contributed by atoms with E-state index in [0.717, 1.165) is 0 Å². The quantitative estimate of drug-likeness (QED) is 0.390. The fraction of sp³-hybridized carbons (Fsp3) is 0.833. The van der Waals surface area contributed by atoms with Crippen molar-refractivity contribution in [3.63, 3.8) is 0 Å². The number of aliphatic carboxylic acids is 1. The van der Waals surface area contributed by atoms with Crippen molar-refractivity contribution in [2.24, 2.45) is 17.2 Å². The van der Waals surface area contributed by atoms with E-state index in [4.69, 9.17) is 22.3 Å². The molecule has 0 saturated carbocycles. The monoisotopic (exact) mass is 161 g/mol. The van der Waals surface area contributed by atoms with E-state index < -0.39 is 12.0 Å². The Kier molecular flexibility index (Phi) is 4.76. The normalized spacial score (nSPS) is 15.9. The number of nitrogens with two attached hydrogens (primary N) is 3. The molecule has 0 saturated heterocycles. The molecule has 0 aromatic carbocycles. The van der Waals surface area contributed by atoms with E-state index in [2.05, 4.69) is 0 Å². The largest absolute Gasteiger partial charge is 0.480 e. The topological polar surface area (TPSA) is 115 Å². The second kappa shape index (κ2) is 5.06. The Morgan fingerprint density at radius 2 is 2.00 bits per heavy atom. The predicted octanol–water partition coefficient (Wildman–Crippen LogP) is -1.54. The van der Waals surface area contributed by atoms with Crippen LogP contribution in [0.5, 0.6) is 0 Å². The molecule has 0 bridgehead atoms. The van der Waals surface area contributed by atoms with Crippen LogP contribution in [0.2, 0.25) is 0 Å². The SMILES string of the molecule is NCCC(N)C[C@H](N)C(=O)O. The Balaban J connectivity index is 3.56. The van der Waals surface area contributed by atoms with Gasteiger partial charge in [0.25, 0.3) is 0 Å². The van der Waals surface area contributed by atoms with Crippen LogP contribution < -0.4 is 17.2 Å². The van der Waals surface area contributed by atoms with Crippen LogP contribution in [0.3, 0.4) is 0 Å². The van der Waals surface area contributed by atoms with Crippen molar-refractivity contribution in [2.75, 3.05) is 6.54 Å². The Bertz CT molecular complexity index is 129.